The van der Waals surface area contributed by atoms with Gasteiger partial charge in [0.05, 0.1) is 7.11 Å². The molecule has 0 N–H and O–H groups in total. The molecule has 0 saturated heterocycles. The fourth-order valence-electron chi connectivity index (χ4n) is 1.23. The largest absolute Gasteiger partial charge is 0.465 e. The Morgan fingerprint density at radius 1 is 1.12 bits per heavy atom. The van der Waals surface area contributed by atoms with E-state index in [1.165, 1.54) is 6.92 Å². The minimum atomic E-state index is -0.804. The van der Waals surface area contributed by atoms with Crippen LogP contribution in [0, 0.1) is 0 Å². The molecular weight excluding hydrogens is 220 g/mol. The lowest BCUT2D eigenvalue weighted by Crippen LogP contribution is -2.13. The third-order valence-electron chi connectivity index (χ3n) is 2.12. The van der Waals surface area contributed by atoms with Gasteiger partial charge in [-0.2, -0.15) is 0 Å². The Labute approximate surface area is 98.9 Å². The second-order valence-corrected chi connectivity index (χ2v) is 3.34. The lowest BCUT2D eigenvalue weighted by atomic mass is 10.1. The summed E-state index contributed by atoms with van der Waals surface area (Å²) < 4.78 is 4.43. The van der Waals surface area contributed by atoms with E-state index in [-0.39, 0.29) is 5.57 Å². The van der Waals surface area contributed by atoms with Crippen molar-refractivity contribution >= 4 is 17.5 Å². The van der Waals surface area contributed by atoms with Crippen LogP contribution in [0.3, 0.4) is 0 Å². The zero-order valence-electron chi connectivity index (χ0n) is 9.60. The number of hydrogen-bond acceptors (Lipinski definition) is 4. The molecule has 1 rings (SSSR count). The zero-order valence-corrected chi connectivity index (χ0v) is 9.60. The smallest absolute Gasteiger partial charge is 0.341 e. The van der Waals surface area contributed by atoms with Gasteiger partial charge >= 0.3 is 5.97 Å². The first kappa shape index (κ1) is 12.8. The van der Waals surface area contributed by atoms with Gasteiger partial charge in [0.1, 0.15) is 5.57 Å². The quantitative estimate of drug-likeness (QED) is 0.260. The first-order chi connectivity index (χ1) is 8.06. The van der Waals surface area contributed by atoms with Gasteiger partial charge in [-0.25, -0.2) is 4.79 Å². The SMILES string of the molecule is COC(=O)/C(=C\C(=O)c1ccccc1)C(C)=O. The molecule has 4 nitrogen and oxygen atoms in total. The molecule has 0 fully saturated rings. The summed E-state index contributed by atoms with van der Waals surface area (Å²) in [7, 11) is 1.16. The zero-order chi connectivity index (χ0) is 12.8. The molecule has 1 aromatic rings. The van der Waals surface area contributed by atoms with E-state index < -0.39 is 17.5 Å². The number of ketones is 2. The minimum Gasteiger partial charge on any atom is -0.465 e. The Bertz CT molecular complexity index is 471. The van der Waals surface area contributed by atoms with Crippen molar-refractivity contribution in [2.75, 3.05) is 7.11 Å². The molecule has 0 bridgehead atoms. The molecule has 4 heteroatoms. The normalized spacial score (nSPS) is 10.8. The van der Waals surface area contributed by atoms with Crippen molar-refractivity contribution in [3.8, 4) is 0 Å². The summed E-state index contributed by atoms with van der Waals surface area (Å²) in [6.07, 6.45) is 1.00. The topological polar surface area (TPSA) is 60.4 Å². The monoisotopic (exact) mass is 232 g/mol. The van der Waals surface area contributed by atoms with E-state index in [1.807, 2.05) is 0 Å². The number of esters is 1. The average Bonchev–Trinajstić information content (AvgIpc) is 2.35. The van der Waals surface area contributed by atoms with Crippen molar-refractivity contribution < 1.29 is 19.1 Å². The number of rotatable bonds is 4. The molecule has 0 amide bonds. The number of methoxy groups -OCH3 is 1. The molecular formula is C13H12O4. The van der Waals surface area contributed by atoms with E-state index in [0.717, 1.165) is 13.2 Å². The van der Waals surface area contributed by atoms with Crippen molar-refractivity contribution in [2.45, 2.75) is 6.92 Å². The fraction of sp³-hybridized carbons (Fsp3) is 0.154. The summed E-state index contributed by atoms with van der Waals surface area (Å²) in [4.78, 5) is 34.2. The van der Waals surface area contributed by atoms with E-state index in [2.05, 4.69) is 4.74 Å². The number of ether oxygens (including phenoxy) is 1. The summed E-state index contributed by atoms with van der Waals surface area (Å²) in [6, 6.07) is 8.38. The third kappa shape index (κ3) is 3.38. The summed E-state index contributed by atoms with van der Waals surface area (Å²) in [6.45, 7) is 1.21. The van der Waals surface area contributed by atoms with Crippen LogP contribution in [0.5, 0.6) is 0 Å². The van der Waals surface area contributed by atoms with E-state index in [1.54, 1.807) is 30.3 Å². The van der Waals surface area contributed by atoms with Crippen LogP contribution in [0.4, 0.5) is 0 Å². The van der Waals surface area contributed by atoms with Crippen LogP contribution >= 0.6 is 0 Å². The van der Waals surface area contributed by atoms with Crippen LogP contribution in [0.15, 0.2) is 42.0 Å². The molecule has 88 valence electrons. The second kappa shape index (κ2) is 5.75. The lowest BCUT2D eigenvalue weighted by Gasteiger charge is -2.01. The number of carbonyl (C=O) groups is 3. The maximum atomic E-state index is 11.7. The molecule has 0 saturated carbocycles. The number of hydrogen-bond donors (Lipinski definition) is 0. The van der Waals surface area contributed by atoms with Gasteiger partial charge in [0.25, 0.3) is 0 Å². The molecule has 0 unspecified atom stereocenters. The van der Waals surface area contributed by atoms with Crippen molar-refractivity contribution in [1.82, 2.24) is 0 Å². The van der Waals surface area contributed by atoms with E-state index >= 15 is 0 Å². The highest BCUT2D eigenvalue weighted by Crippen LogP contribution is 2.06. The molecule has 0 aliphatic carbocycles. The number of allylic oxidation sites excluding steroid dienone is 1. The maximum absolute atomic E-state index is 11.7. The van der Waals surface area contributed by atoms with Gasteiger partial charge < -0.3 is 4.74 Å². The summed E-state index contributed by atoms with van der Waals surface area (Å²) in [5, 5.41) is 0. The molecule has 0 aliphatic rings. The number of benzene rings is 1. The molecule has 1 aromatic carbocycles. The highest BCUT2D eigenvalue weighted by molar-refractivity contribution is 6.21. The van der Waals surface area contributed by atoms with Crippen LogP contribution in [0.25, 0.3) is 0 Å². The summed E-state index contributed by atoms with van der Waals surface area (Å²) in [5.74, 6) is -1.70. The average molecular weight is 232 g/mol. The Balaban J connectivity index is 3.04. The highest BCUT2D eigenvalue weighted by atomic mass is 16.5. The van der Waals surface area contributed by atoms with Gasteiger partial charge in [-0.1, -0.05) is 30.3 Å². The van der Waals surface area contributed by atoms with Gasteiger partial charge in [0.15, 0.2) is 11.6 Å². The third-order valence-corrected chi connectivity index (χ3v) is 2.12. The fourth-order valence-corrected chi connectivity index (χ4v) is 1.23. The first-order valence-corrected chi connectivity index (χ1v) is 4.96. The molecule has 0 aliphatic heterocycles. The molecule has 0 radical (unpaired) electrons. The van der Waals surface area contributed by atoms with Gasteiger partial charge in [-0.3, -0.25) is 9.59 Å². The molecule has 0 aromatic heterocycles. The summed E-state index contributed by atoms with van der Waals surface area (Å²) >= 11 is 0. The van der Waals surface area contributed by atoms with Crippen molar-refractivity contribution in [3.05, 3.63) is 47.5 Å². The lowest BCUT2D eigenvalue weighted by molar-refractivity contribution is -0.137. The minimum absolute atomic E-state index is 0.249. The van der Waals surface area contributed by atoms with E-state index in [9.17, 15) is 14.4 Å². The summed E-state index contributed by atoms with van der Waals surface area (Å²) in [5.41, 5.74) is 0.163. The second-order valence-electron chi connectivity index (χ2n) is 3.34. The van der Waals surface area contributed by atoms with Gasteiger partial charge in [0, 0.05) is 11.6 Å². The maximum Gasteiger partial charge on any atom is 0.341 e. The van der Waals surface area contributed by atoms with Crippen molar-refractivity contribution in [1.29, 1.82) is 0 Å². The Hall–Kier alpha value is -2.23. The Morgan fingerprint density at radius 3 is 2.18 bits per heavy atom. The molecule has 0 spiro atoms. The first-order valence-electron chi connectivity index (χ1n) is 4.96. The van der Waals surface area contributed by atoms with E-state index in [4.69, 9.17) is 0 Å². The van der Waals surface area contributed by atoms with E-state index in [0.29, 0.717) is 5.56 Å². The van der Waals surface area contributed by atoms with Crippen molar-refractivity contribution in [2.24, 2.45) is 0 Å². The van der Waals surface area contributed by atoms with Gasteiger partial charge in [-0.05, 0) is 6.92 Å². The molecule has 0 atom stereocenters. The predicted molar refractivity (Wildman–Crippen MR) is 61.6 cm³/mol. The highest BCUT2D eigenvalue weighted by Gasteiger charge is 2.16. The van der Waals surface area contributed by atoms with Crippen LogP contribution in [-0.4, -0.2) is 24.6 Å². The van der Waals surface area contributed by atoms with Crippen LogP contribution in [0.1, 0.15) is 17.3 Å². The van der Waals surface area contributed by atoms with Gasteiger partial charge in [0.2, 0.25) is 0 Å². The number of Topliss-reactive ketones (excluding diaryl/α,β-unsaturated/α-hetero) is 1. The Morgan fingerprint density at radius 2 is 1.71 bits per heavy atom. The predicted octanol–water partition coefficient (Wildman–Crippen LogP) is 1.56. The number of carbonyl (C=O) groups excluding carboxylic acids is 3. The Kier molecular flexibility index (Phi) is 4.34. The van der Waals surface area contributed by atoms with Crippen LogP contribution < -0.4 is 0 Å². The van der Waals surface area contributed by atoms with Crippen molar-refractivity contribution in [3.63, 3.8) is 0 Å². The standard InChI is InChI=1S/C13H12O4/c1-9(14)11(13(16)17-2)8-12(15)10-6-4-3-5-7-10/h3-8H,1-2H3/b11-8-. The van der Waals surface area contributed by atoms with Gasteiger partial charge in [-0.15, -0.1) is 0 Å². The van der Waals surface area contributed by atoms with Crippen LogP contribution in [-0.2, 0) is 14.3 Å². The van der Waals surface area contributed by atoms with Crippen LogP contribution in [0.2, 0.25) is 0 Å². The molecule has 17 heavy (non-hydrogen) atoms. The molecule has 0 heterocycles.